The number of ether oxygens (including phenoxy) is 3. The second-order valence-electron chi connectivity index (χ2n) is 9.98. The van der Waals surface area contributed by atoms with Crippen LogP contribution >= 0.6 is 0 Å². The number of carbonyl (C=O) groups excluding carboxylic acids is 2. The van der Waals surface area contributed by atoms with Crippen molar-refractivity contribution >= 4 is 17.6 Å². The van der Waals surface area contributed by atoms with Gasteiger partial charge in [-0.2, -0.15) is 5.10 Å². The topological polar surface area (TPSA) is 94.9 Å². The van der Waals surface area contributed by atoms with Crippen molar-refractivity contribution < 1.29 is 23.8 Å². The molecule has 1 heterocycles. The van der Waals surface area contributed by atoms with Gasteiger partial charge in [0.15, 0.2) is 0 Å². The summed E-state index contributed by atoms with van der Waals surface area (Å²) in [6.45, 7) is 6.12. The average molecular weight is 557 g/mol. The summed E-state index contributed by atoms with van der Waals surface area (Å²) in [5, 5.41) is 7.83. The molecule has 0 fully saturated rings. The van der Waals surface area contributed by atoms with Crippen molar-refractivity contribution in [1.82, 2.24) is 14.7 Å². The second-order valence-corrected chi connectivity index (χ2v) is 9.98. The lowest BCUT2D eigenvalue weighted by atomic mass is 10.1. The number of aromatic nitrogens is 2. The predicted octanol–water partition coefficient (Wildman–Crippen LogP) is 5.61. The van der Waals surface area contributed by atoms with E-state index in [0.717, 1.165) is 22.5 Å². The molecule has 2 amide bonds. The van der Waals surface area contributed by atoms with Crippen LogP contribution in [0.25, 0.3) is 16.8 Å². The molecule has 0 atom stereocenters. The maximum atomic E-state index is 13.7. The Morgan fingerprint density at radius 2 is 1.56 bits per heavy atom. The minimum Gasteiger partial charge on any atom is -0.497 e. The van der Waals surface area contributed by atoms with Crippen molar-refractivity contribution in [2.45, 2.75) is 20.8 Å². The molecular formula is C32H36N4O5. The van der Waals surface area contributed by atoms with E-state index < -0.39 is 0 Å². The molecule has 3 aromatic carbocycles. The van der Waals surface area contributed by atoms with Crippen LogP contribution in [0.5, 0.6) is 17.2 Å². The van der Waals surface area contributed by atoms with E-state index in [1.165, 1.54) is 12.0 Å². The zero-order valence-corrected chi connectivity index (χ0v) is 24.3. The Morgan fingerprint density at radius 1 is 0.902 bits per heavy atom. The monoisotopic (exact) mass is 556 g/mol. The van der Waals surface area contributed by atoms with Gasteiger partial charge in [-0.05, 0) is 54.8 Å². The van der Waals surface area contributed by atoms with Gasteiger partial charge in [0.05, 0.1) is 38.3 Å². The first-order chi connectivity index (χ1) is 19.7. The minimum atomic E-state index is -0.349. The van der Waals surface area contributed by atoms with Gasteiger partial charge < -0.3 is 24.4 Å². The molecule has 41 heavy (non-hydrogen) atoms. The van der Waals surface area contributed by atoms with Crippen LogP contribution in [-0.4, -0.2) is 60.9 Å². The number of nitrogens with zero attached hydrogens (tertiary/aromatic N) is 3. The summed E-state index contributed by atoms with van der Waals surface area (Å²) in [6, 6.07) is 22.2. The van der Waals surface area contributed by atoms with E-state index in [1.54, 1.807) is 37.1 Å². The average Bonchev–Trinajstić information content (AvgIpc) is 3.31. The number of rotatable bonds is 11. The first-order valence-corrected chi connectivity index (χ1v) is 13.4. The standard InChI is InChI=1S/C32H36N4O5/c1-21(2)19-35(32(38)27-17-16-26(40-5)18-28(27)41-6)20-29(37)33-31-30(23-10-8-7-9-11-23)22(3)34-36(31)24-12-14-25(39-4)15-13-24/h7-18,21H,19-20H2,1-6H3,(H,33,37). The SMILES string of the molecule is COc1ccc(-n2nc(C)c(-c3ccccc3)c2NC(=O)CN(CC(C)C)C(=O)c2ccc(OC)cc2OC)cc1. The lowest BCUT2D eigenvalue weighted by Gasteiger charge is -2.25. The second kappa shape index (κ2) is 13.0. The van der Waals surface area contributed by atoms with Crippen LogP contribution in [0.3, 0.4) is 0 Å². The number of benzene rings is 3. The summed E-state index contributed by atoms with van der Waals surface area (Å²) in [4.78, 5) is 28.9. The molecule has 0 saturated heterocycles. The van der Waals surface area contributed by atoms with Gasteiger partial charge in [-0.15, -0.1) is 0 Å². The molecule has 9 heteroatoms. The molecule has 0 saturated carbocycles. The van der Waals surface area contributed by atoms with Crippen LogP contribution in [0.4, 0.5) is 5.82 Å². The Morgan fingerprint density at radius 3 is 2.17 bits per heavy atom. The molecule has 1 N–H and O–H groups in total. The molecule has 4 rings (SSSR count). The van der Waals surface area contributed by atoms with E-state index in [-0.39, 0.29) is 24.3 Å². The number of amides is 2. The van der Waals surface area contributed by atoms with E-state index in [0.29, 0.717) is 35.2 Å². The first-order valence-electron chi connectivity index (χ1n) is 13.4. The van der Waals surface area contributed by atoms with Crippen LogP contribution in [0.15, 0.2) is 72.8 Å². The van der Waals surface area contributed by atoms with Crippen LogP contribution in [0.2, 0.25) is 0 Å². The summed E-state index contributed by atoms with van der Waals surface area (Å²) in [6.07, 6.45) is 0. The third-order valence-electron chi connectivity index (χ3n) is 6.54. The summed E-state index contributed by atoms with van der Waals surface area (Å²) in [7, 11) is 4.66. The van der Waals surface area contributed by atoms with E-state index in [4.69, 9.17) is 19.3 Å². The third-order valence-corrected chi connectivity index (χ3v) is 6.54. The van der Waals surface area contributed by atoms with E-state index >= 15 is 0 Å². The Balaban J connectivity index is 1.69. The maximum absolute atomic E-state index is 13.7. The smallest absolute Gasteiger partial charge is 0.258 e. The lowest BCUT2D eigenvalue weighted by molar-refractivity contribution is -0.117. The van der Waals surface area contributed by atoms with Gasteiger partial charge in [-0.3, -0.25) is 9.59 Å². The zero-order chi connectivity index (χ0) is 29.5. The van der Waals surface area contributed by atoms with Crippen molar-refractivity contribution in [3.8, 4) is 34.1 Å². The van der Waals surface area contributed by atoms with E-state index in [9.17, 15) is 9.59 Å². The van der Waals surface area contributed by atoms with E-state index in [1.807, 2.05) is 75.4 Å². The Labute approximate surface area is 240 Å². The predicted molar refractivity (Wildman–Crippen MR) is 159 cm³/mol. The van der Waals surface area contributed by atoms with Crippen molar-refractivity contribution in [3.05, 3.63) is 84.1 Å². The summed E-state index contributed by atoms with van der Waals surface area (Å²) >= 11 is 0. The molecule has 0 spiro atoms. The molecule has 214 valence electrons. The molecule has 0 bridgehead atoms. The van der Waals surface area contributed by atoms with Gasteiger partial charge in [0, 0.05) is 18.2 Å². The number of hydrogen-bond donors (Lipinski definition) is 1. The number of nitrogens with one attached hydrogen (secondary N) is 1. The molecule has 0 aliphatic rings. The third kappa shape index (κ3) is 6.69. The van der Waals surface area contributed by atoms with Gasteiger partial charge >= 0.3 is 0 Å². The number of aryl methyl sites for hydroxylation is 1. The molecule has 9 nitrogen and oxygen atoms in total. The molecule has 0 aliphatic heterocycles. The summed E-state index contributed by atoms with van der Waals surface area (Å²) < 4.78 is 17.8. The Hall–Kier alpha value is -4.79. The summed E-state index contributed by atoms with van der Waals surface area (Å²) in [5.41, 5.74) is 3.57. The van der Waals surface area contributed by atoms with E-state index in [2.05, 4.69) is 5.32 Å². The largest absolute Gasteiger partial charge is 0.497 e. The fourth-order valence-corrected chi connectivity index (χ4v) is 4.65. The van der Waals surface area contributed by atoms with Crippen LogP contribution < -0.4 is 19.5 Å². The fraction of sp³-hybridized carbons (Fsp3) is 0.281. The number of methoxy groups -OCH3 is 3. The number of anilines is 1. The molecule has 0 unspecified atom stereocenters. The molecule has 1 aromatic heterocycles. The Bertz CT molecular complexity index is 1500. The first kappa shape index (κ1) is 29.2. The van der Waals surface area contributed by atoms with Gasteiger partial charge in [0.1, 0.15) is 29.6 Å². The van der Waals surface area contributed by atoms with Crippen LogP contribution in [-0.2, 0) is 4.79 Å². The van der Waals surface area contributed by atoms with Gasteiger partial charge in [0.25, 0.3) is 5.91 Å². The maximum Gasteiger partial charge on any atom is 0.258 e. The van der Waals surface area contributed by atoms with Crippen LogP contribution in [0.1, 0.15) is 29.9 Å². The fourth-order valence-electron chi connectivity index (χ4n) is 4.65. The lowest BCUT2D eigenvalue weighted by Crippen LogP contribution is -2.40. The molecule has 0 radical (unpaired) electrons. The highest BCUT2D eigenvalue weighted by Crippen LogP contribution is 2.34. The quantitative estimate of drug-likeness (QED) is 0.258. The normalized spacial score (nSPS) is 10.8. The highest BCUT2D eigenvalue weighted by atomic mass is 16.5. The number of hydrogen-bond acceptors (Lipinski definition) is 6. The van der Waals surface area contributed by atoms with Crippen molar-refractivity contribution in [3.63, 3.8) is 0 Å². The zero-order valence-electron chi connectivity index (χ0n) is 24.3. The van der Waals surface area contributed by atoms with Gasteiger partial charge in [0.2, 0.25) is 5.91 Å². The minimum absolute atomic E-state index is 0.128. The van der Waals surface area contributed by atoms with Crippen molar-refractivity contribution in [2.75, 3.05) is 39.7 Å². The molecule has 4 aromatic rings. The highest BCUT2D eigenvalue weighted by Gasteiger charge is 2.26. The van der Waals surface area contributed by atoms with Gasteiger partial charge in [-0.25, -0.2) is 4.68 Å². The van der Waals surface area contributed by atoms with Crippen molar-refractivity contribution in [2.24, 2.45) is 5.92 Å². The molecular weight excluding hydrogens is 520 g/mol. The Kier molecular flexibility index (Phi) is 9.29. The highest BCUT2D eigenvalue weighted by molar-refractivity contribution is 6.02. The summed E-state index contributed by atoms with van der Waals surface area (Å²) in [5.74, 6) is 1.65. The molecule has 0 aliphatic carbocycles. The number of carbonyl (C=O) groups is 2. The van der Waals surface area contributed by atoms with Crippen molar-refractivity contribution in [1.29, 1.82) is 0 Å². The van der Waals surface area contributed by atoms with Crippen LogP contribution in [0, 0.1) is 12.8 Å². The van der Waals surface area contributed by atoms with Gasteiger partial charge in [-0.1, -0.05) is 44.2 Å².